The van der Waals surface area contributed by atoms with Crippen molar-refractivity contribution in [1.29, 1.82) is 0 Å². The van der Waals surface area contributed by atoms with Crippen LogP contribution >= 0.6 is 0 Å². The van der Waals surface area contributed by atoms with Crippen LogP contribution in [0.5, 0.6) is 0 Å². The van der Waals surface area contributed by atoms with E-state index in [1.54, 1.807) is 6.33 Å². The fourth-order valence-electron chi connectivity index (χ4n) is 2.54. The van der Waals surface area contributed by atoms with Crippen molar-refractivity contribution < 1.29 is 9.53 Å². The summed E-state index contributed by atoms with van der Waals surface area (Å²) in [6.07, 6.45) is 5.90. The summed E-state index contributed by atoms with van der Waals surface area (Å²) in [7, 11) is 1.42. The Hall–Kier alpha value is -2.18. The summed E-state index contributed by atoms with van der Waals surface area (Å²) >= 11 is 0. The third-order valence-electron chi connectivity index (χ3n) is 3.45. The van der Waals surface area contributed by atoms with Gasteiger partial charge in [-0.2, -0.15) is 0 Å². The average molecular weight is 261 g/mol. The number of nitrogens with one attached hydrogen (secondary N) is 1. The first-order valence-electron chi connectivity index (χ1n) is 6.30. The van der Waals surface area contributed by atoms with Crippen molar-refractivity contribution in [2.45, 2.75) is 25.3 Å². The Balaban J connectivity index is 2.02. The van der Waals surface area contributed by atoms with Gasteiger partial charge in [-0.05, 0) is 19.3 Å². The number of esters is 1. The van der Waals surface area contributed by atoms with E-state index in [0.29, 0.717) is 5.65 Å². The van der Waals surface area contributed by atoms with Crippen molar-refractivity contribution >= 4 is 23.0 Å². The molecular weight excluding hydrogens is 246 g/mol. The van der Waals surface area contributed by atoms with Gasteiger partial charge in [-0.25, -0.2) is 19.7 Å². The highest BCUT2D eigenvalue weighted by molar-refractivity contribution is 5.87. The van der Waals surface area contributed by atoms with Crippen molar-refractivity contribution in [1.82, 2.24) is 19.9 Å². The number of nitrogens with zero attached hydrogens (tertiary/aromatic N) is 4. The maximum Gasteiger partial charge on any atom is 0.328 e. The fourth-order valence-corrected chi connectivity index (χ4v) is 2.54. The van der Waals surface area contributed by atoms with Crippen molar-refractivity contribution in [2.24, 2.45) is 0 Å². The standard InChI is InChI=1S/C12H15N5O2/c1-19-12(18)8-4-2-3-5-17(8)11-9-10(14-6-13-9)15-7-16-11/h6-8H,2-5H2,1H3,(H,13,14,15,16). The van der Waals surface area contributed by atoms with Crippen LogP contribution in [0, 0.1) is 0 Å². The van der Waals surface area contributed by atoms with E-state index in [0.717, 1.165) is 37.1 Å². The van der Waals surface area contributed by atoms with Crippen molar-refractivity contribution in [2.75, 3.05) is 18.6 Å². The highest BCUT2D eigenvalue weighted by atomic mass is 16.5. The molecule has 0 radical (unpaired) electrons. The summed E-state index contributed by atoms with van der Waals surface area (Å²) in [5.74, 6) is 0.503. The van der Waals surface area contributed by atoms with Crippen LogP contribution in [0.2, 0.25) is 0 Å². The van der Waals surface area contributed by atoms with Gasteiger partial charge in [0.1, 0.15) is 17.9 Å². The zero-order chi connectivity index (χ0) is 13.2. The number of aromatic nitrogens is 4. The largest absolute Gasteiger partial charge is 0.467 e. The van der Waals surface area contributed by atoms with E-state index in [1.165, 1.54) is 13.4 Å². The molecule has 1 aliphatic heterocycles. The molecule has 1 unspecified atom stereocenters. The van der Waals surface area contributed by atoms with Gasteiger partial charge in [-0.1, -0.05) is 0 Å². The SMILES string of the molecule is COC(=O)C1CCCCN1c1ncnc2nc[nH]c12. The Bertz CT molecular complexity index is 597. The molecule has 7 heteroatoms. The van der Waals surface area contributed by atoms with Gasteiger partial charge in [-0.15, -0.1) is 0 Å². The summed E-state index contributed by atoms with van der Waals surface area (Å²) in [4.78, 5) is 29.4. The number of carbonyl (C=O) groups excluding carboxylic acids is 1. The third kappa shape index (κ3) is 2.00. The van der Waals surface area contributed by atoms with Gasteiger partial charge in [0.2, 0.25) is 0 Å². The predicted molar refractivity (Wildman–Crippen MR) is 68.7 cm³/mol. The molecule has 0 amide bonds. The van der Waals surface area contributed by atoms with E-state index in [-0.39, 0.29) is 12.0 Å². The van der Waals surface area contributed by atoms with E-state index in [9.17, 15) is 4.79 Å². The van der Waals surface area contributed by atoms with Crippen LogP contribution in [-0.2, 0) is 9.53 Å². The first-order valence-corrected chi connectivity index (χ1v) is 6.30. The van der Waals surface area contributed by atoms with Crippen LogP contribution in [0.1, 0.15) is 19.3 Å². The quantitative estimate of drug-likeness (QED) is 0.808. The number of H-pyrrole nitrogens is 1. The average Bonchev–Trinajstić information content (AvgIpc) is 2.94. The van der Waals surface area contributed by atoms with Crippen LogP contribution in [-0.4, -0.2) is 45.6 Å². The van der Waals surface area contributed by atoms with E-state index < -0.39 is 0 Å². The molecule has 3 heterocycles. The van der Waals surface area contributed by atoms with Crippen LogP contribution in [0.25, 0.3) is 11.2 Å². The fraction of sp³-hybridized carbons (Fsp3) is 0.500. The minimum atomic E-state index is -0.278. The molecule has 1 saturated heterocycles. The first kappa shape index (κ1) is 11.9. The second kappa shape index (κ2) is 4.83. The number of fused-ring (bicyclic) bond motifs is 1. The molecule has 1 aliphatic rings. The molecule has 7 nitrogen and oxygen atoms in total. The van der Waals surface area contributed by atoms with Gasteiger partial charge in [0.05, 0.1) is 13.4 Å². The summed E-state index contributed by atoms with van der Waals surface area (Å²) in [5.41, 5.74) is 1.37. The van der Waals surface area contributed by atoms with E-state index in [4.69, 9.17) is 4.74 Å². The number of piperidine rings is 1. The van der Waals surface area contributed by atoms with E-state index >= 15 is 0 Å². The minimum absolute atomic E-state index is 0.217. The van der Waals surface area contributed by atoms with E-state index in [1.807, 2.05) is 4.90 Å². The maximum atomic E-state index is 11.9. The van der Waals surface area contributed by atoms with Crippen LogP contribution < -0.4 is 4.90 Å². The molecule has 0 saturated carbocycles. The number of ether oxygens (including phenoxy) is 1. The Kier molecular flexibility index (Phi) is 3.02. The molecule has 0 spiro atoms. The van der Waals surface area contributed by atoms with Gasteiger partial charge in [-0.3, -0.25) is 0 Å². The van der Waals surface area contributed by atoms with Gasteiger partial charge in [0.25, 0.3) is 0 Å². The molecule has 2 aromatic rings. The number of hydrogen-bond acceptors (Lipinski definition) is 6. The Labute approximate surface area is 110 Å². The number of imidazole rings is 1. The molecule has 100 valence electrons. The lowest BCUT2D eigenvalue weighted by Crippen LogP contribution is -2.46. The normalized spacial score (nSPS) is 19.6. The number of hydrogen-bond donors (Lipinski definition) is 1. The maximum absolute atomic E-state index is 11.9. The van der Waals surface area contributed by atoms with Gasteiger partial charge < -0.3 is 14.6 Å². The minimum Gasteiger partial charge on any atom is -0.467 e. The lowest BCUT2D eigenvalue weighted by molar-refractivity contribution is -0.142. The van der Waals surface area contributed by atoms with Gasteiger partial charge in [0.15, 0.2) is 11.5 Å². The van der Waals surface area contributed by atoms with E-state index in [2.05, 4.69) is 19.9 Å². The monoisotopic (exact) mass is 261 g/mol. The summed E-state index contributed by atoms with van der Waals surface area (Å²) in [6, 6.07) is -0.278. The molecule has 3 rings (SSSR count). The lowest BCUT2D eigenvalue weighted by Gasteiger charge is -2.34. The smallest absolute Gasteiger partial charge is 0.328 e. The molecule has 0 aromatic carbocycles. The van der Waals surface area contributed by atoms with Crippen LogP contribution in [0.3, 0.4) is 0 Å². The Morgan fingerprint density at radius 2 is 2.32 bits per heavy atom. The zero-order valence-corrected chi connectivity index (χ0v) is 10.7. The summed E-state index contributed by atoms with van der Waals surface area (Å²) < 4.78 is 4.89. The second-order valence-corrected chi connectivity index (χ2v) is 4.53. The number of anilines is 1. The Morgan fingerprint density at radius 3 is 3.16 bits per heavy atom. The highest BCUT2D eigenvalue weighted by Crippen LogP contribution is 2.27. The highest BCUT2D eigenvalue weighted by Gasteiger charge is 2.31. The molecule has 19 heavy (non-hydrogen) atoms. The second-order valence-electron chi connectivity index (χ2n) is 4.53. The van der Waals surface area contributed by atoms with Crippen molar-refractivity contribution in [3.63, 3.8) is 0 Å². The van der Waals surface area contributed by atoms with Gasteiger partial charge >= 0.3 is 5.97 Å². The topological polar surface area (TPSA) is 84.0 Å². The number of carbonyl (C=O) groups is 1. The Morgan fingerprint density at radius 1 is 1.42 bits per heavy atom. The number of methoxy groups -OCH3 is 1. The van der Waals surface area contributed by atoms with Crippen molar-refractivity contribution in [3.8, 4) is 0 Å². The summed E-state index contributed by atoms with van der Waals surface area (Å²) in [5, 5.41) is 0. The summed E-state index contributed by atoms with van der Waals surface area (Å²) in [6.45, 7) is 0.783. The number of aromatic amines is 1. The molecule has 1 atom stereocenters. The van der Waals surface area contributed by atoms with Crippen LogP contribution in [0.4, 0.5) is 5.82 Å². The van der Waals surface area contributed by atoms with Crippen LogP contribution in [0.15, 0.2) is 12.7 Å². The molecular formula is C12H15N5O2. The zero-order valence-electron chi connectivity index (χ0n) is 10.7. The lowest BCUT2D eigenvalue weighted by atomic mass is 10.0. The number of rotatable bonds is 2. The molecule has 2 aromatic heterocycles. The molecule has 0 aliphatic carbocycles. The first-order chi connectivity index (χ1) is 9.31. The third-order valence-corrected chi connectivity index (χ3v) is 3.45. The molecule has 0 bridgehead atoms. The predicted octanol–water partition coefficient (Wildman–Crippen LogP) is 0.885. The molecule has 1 fully saturated rings. The molecule has 1 N–H and O–H groups in total. The van der Waals surface area contributed by atoms with Gasteiger partial charge in [0, 0.05) is 6.54 Å². The van der Waals surface area contributed by atoms with Crippen molar-refractivity contribution in [3.05, 3.63) is 12.7 Å².